The molecule has 0 radical (unpaired) electrons. The van der Waals surface area contributed by atoms with E-state index < -0.39 is 26.3 Å². The first kappa shape index (κ1) is 17.5. The van der Waals surface area contributed by atoms with Crippen LogP contribution >= 0.6 is 10.7 Å². The van der Waals surface area contributed by atoms with Gasteiger partial charge in [-0.2, -0.15) is 0 Å². The van der Waals surface area contributed by atoms with Crippen molar-refractivity contribution in [1.29, 1.82) is 0 Å². The molecule has 1 saturated heterocycles. The van der Waals surface area contributed by atoms with Crippen molar-refractivity contribution in [3.8, 4) is 0 Å². The second kappa shape index (κ2) is 5.69. The molecule has 0 aromatic rings. The van der Waals surface area contributed by atoms with Gasteiger partial charge >= 0.3 is 6.09 Å². The summed E-state index contributed by atoms with van der Waals surface area (Å²) in [6.45, 7) is 7.23. The quantitative estimate of drug-likeness (QED) is 0.741. The van der Waals surface area contributed by atoms with Crippen LogP contribution in [-0.4, -0.2) is 56.1 Å². The first-order valence-electron chi connectivity index (χ1n) is 6.32. The second-order valence-corrected chi connectivity index (χ2v) is 9.11. The van der Waals surface area contributed by atoms with Gasteiger partial charge < -0.3 is 9.47 Å². The van der Waals surface area contributed by atoms with E-state index in [1.807, 2.05) is 0 Å². The van der Waals surface area contributed by atoms with E-state index in [-0.39, 0.29) is 18.4 Å². The minimum absolute atomic E-state index is 0.231. The smallest absolute Gasteiger partial charge is 0.410 e. The maximum absolute atomic E-state index is 12.2. The molecule has 0 aromatic carbocycles. The molecule has 6 nitrogen and oxygen atoms in total. The molecule has 118 valence electrons. The van der Waals surface area contributed by atoms with Gasteiger partial charge in [0, 0.05) is 17.8 Å². The number of likely N-dealkylation sites (tertiary alicyclic amines) is 1. The van der Waals surface area contributed by atoms with Crippen LogP contribution in [0.25, 0.3) is 0 Å². The van der Waals surface area contributed by atoms with Crippen molar-refractivity contribution in [3.05, 3.63) is 0 Å². The highest BCUT2D eigenvalue weighted by Crippen LogP contribution is 2.34. The summed E-state index contributed by atoms with van der Waals surface area (Å²) in [5, 5.41) is 0. The van der Waals surface area contributed by atoms with E-state index in [4.69, 9.17) is 20.2 Å². The van der Waals surface area contributed by atoms with Crippen LogP contribution in [0.2, 0.25) is 0 Å². The monoisotopic (exact) mass is 327 g/mol. The molecule has 20 heavy (non-hydrogen) atoms. The molecular formula is C12H22ClNO5S. The molecule has 0 bridgehead atoms. The number of nitrogens with zero attached hydrogens (tertiary/aromatic N) is 1. The molecule has 1 fully saturated rings. The first-order chi connectivity index (χ1) is 8.86. The standard InChI is InChI=1S/C12H22ClNO5S/c1-11(2,3)19-10(15)14-7-9(18-5)6-12(14,4)8-20(13,16)17/h9H,6-8H2,1-5H3. The molecule has 2 unspecified atom stereocenters. The Morgan fingerprint density at radius 1 is 1.45 bits per heavy atom. The highest BCUT2D eigenvalue weighted by Gasteiger charge is 2.48. The number of methoxy groups -OCH3 is 1. The summed E-state index contributed by atoms with van der Waals surface area (Å²) in [5.74, 6) is -0.333. The van der Waals surface area contributed by atoms with Gasteiger partial charge in [0.05, 0.1) is 23.9 Å². The number of carbonyl (C=O) groups excluding carboxylic acids is 1. The van der Waals surface area contributed by atoms with Gasteiger partial charge in [0.15, 0.2) is 0 Å². The highest BCUT2D eigenvalue weighted by molar-refractivity contribution is 8.13. The molecule has 0 aliphatic carbocycles. The second-order valence-electron chi connectivity index (χ2n) is 6.33. The van der Waals surface area contributed by atoms with Crippen molar-refractivity contribution in [1.82, 2.24) is 4.90 Å². The van der Waals surface area contributed by atoms with Gasteiger partial charge in [0.2, 0.25) is 9.05 Å². The fourth-order valence-electron chi connectivity index (χ4n) is 2.37. The van der Waals surface area contributed by atoms with Gasteiger partial charge in [-0.25, -0.2) is 13.2 Å². The predicted octanol–water partition coefficient (Wildman–Crippen LogP) is 1.97. The van der Waals surface area contributed by atoms with E-state index in [2.05, 4.69) is 0 Å². The van der Waals surface area contributed by atoms with E-state index in [0.29, 0.717) is 6.42 Å². The van der Waals surface area contributed by atoms with Crippen molar-refractivity contribution in [2.24, 2.45) is 0 Å². The Hall–Kier alpha value is -0.530. The van der Waals surface area contributed by atoms with E-state index in [1.165, 1.54) is 12.0 Å². The Morgan fingerprint density at radius 2 is 2.00 bits per heavy atom. The van der Waals surface area contributed by atoms with Gasteiger partial charge in [-0.05, 0) is 34.1 Å². The van der Waals surface area contributed by atoms with Gasteiger partial charge in [-0.3, -0.25) is 4.90 Å². The zero-order chi connectivity index (χ0) is 15.8. The highest BCUT2D eigenvalue weighted by atomic mass is 35.7. The lowest BCUT2D eigenvalue weighted by Crippen LogP contribution is -2.50. The summed E-state index contributed by atoms with van der Waals surface area (Å²) >= 11 is 0. The van der Waals surface area contributed by atoms with E-state index in [1.54, 1.807) is 27.7 Å². The Bertz CT molecular complexity index is 473. The summed E-state index contributed by atoms with van der Waals surface area (Å²) in [4.78, 5) is 13.6. The van der Waals surface area contributed by atoms with Crippen molar-refractivity contribution in [2.75, 3.05) is 19.4 Å². The van der Waals surface area contributed by atoms with E-state index >= 15 is 0 Å². The number of carbonyl (C=O) groups is 1. The van der Waals surface area contributed by atoms with Crippen LogP contribution < -0.4 is 0 Å². The number of halogens is 1. The summed E-state index contributed by atoms with van der Waals surface area (Å²) in [5.41, 5.74) is -1.58. The van der Waals surface area contributed by atoms with Crippen molar-refractivity contribution in [3.63, 3.8) is 0 Å². The third kappa shape index (κ3) is 4.79. The summed E-state index contributed by atoms with van der Waals surface area (Å²) in [6.07, 6.45) is -0.389. The van der Waals surface area contributed by atoms with Crippen LogP contribution in [-0.2, 0) is 18.5 Å². The van der Waals surface area contributed by atoms with Gasteiger partial charge in [0.1, 0.15) is 5.60 Å². The average Bonchev–Trinajstić information content (AvgIpc) is 2.49. The number of hydrogen-bond donors (Lipinski definition) is 0. The molecule has 0 spiro atoms. The lowest BCUT2D eigenvalue weighted by atomic mass is 10.0. The first-order valence-corrected chi connectivity index (χ1v) is 8.80. The molecule has 1 amide bonds. The van der Waals surface area contributed by atoms with Gasteiger partial charge in [-0.1, -0.05) is 0 Å². The number of hydrogen-bond acceptors (Lipinski definition) is 5. The number of amides is 1. The molecule has 0 saturated carbocycles. The molecule has 1 rings (SSSR count). The van der Waals surface area contributed by atoms with Crippen molar-refractivity contribution >= 4 is 25.8 Å². The third-order valence-corrected chi connectivity index (χ3v) is 4.43. The maximum atomic E-state index is 12.2. The lowest BCUT2D eigenvalue weighted by molar-refractivity contribution is 0.0121. The fourth-order valence-corrected chi connectivity index (χ4v) is 4.09. The molecule has 2 atom stereocenters. The Kier molecular flexibility index (Phi) is 4.99. The normalized spacial score (nSPS) is 27.7. The van der Waals surface area contributed by atoms with Crippen LogP contribution in [0.3, 0.4) is 0 Å². The fraction of sp³-hybridized carbons (Fsp3) is 0.917. The molecule has 8 heteroatoms. The summed E-state index contributed by atoms with van der Waals surface area (Å²) in [6, 6.07) is 0. The predicted molar refractivity (Wildman–Crippen MR) is 76.4 cm³/mol. The molecular weight excluding hydrogens is 306 g/mol. The average molecular weight is 328 g/mol. The lowest BCUT2D eigenvalue weighted by Gasteiger charge is -2.35. The molecule has 1 heterocycles. The van der Waals surface area contributed by atoms with Gasteiger partial charge in [0.25, 0.3) is 0 Å². The number of ether oxygens (including phenoxy) is 2. The molecule has 0 aromatic heterocycles. The largest absolute Gasteiger partial charge is 0.444 e. The molecule has 1 aliphatic heterocycles. The Balaban J connectivity index is 2.98. The van der Waals surface area contributed by atoms with E-state index in [0.717, 1.165) is 0 Å². The zero-order valence-electron chi connectivity index (χ0n) is 12.5. The maximum Gasteiger partial charge on any atom is 0.410 e. The third-order valence-electron chi connectivity index (χ3n) is 3.14. The Morgan fingerprint density at radius 3 is 2.40 bits per heavy atom. The summed E-state index contributed by atoms with van der Waals surface area (Å²) in [7, 11) is 3.14. The summed E-state index contributed by atoms with van der Waals surface area (Å²) < 4.78 is 33.3. The van der Waals surface area contributed by atoms with Crippen LogP contribution in [0.4, 0.5) is 4.79 Å². The minimum atomic E-state index is -3.74. The van der Waals surface area contributed by atoms with Crippen LogP contribution in [0, 0.1) is 0 Å². The number of rotatable bonds is 3. The molecule has 0 N–H and O–H groups in total. The Labute approximate surface area is 124 Å². The van der Waals surface area contributed by atoms with Crippen LogP contribution in [0.5, 0.6) is 0 Å². The van der Waals surface area contributed by atoms with Gasteiger partial charge in [-0.15, -0.1) is 0 Å². The van der Waals surface area contributed by atoms with Crippen molar-refractivity contribution in [2.45, 2.75) is 51.4 Å². The van der Waals surface area contributed by atoms with E-state index in [9.17, 15) is 13.2 Å². The van der Waals surface area contributed by atoms with Crippen LogP contribution in [0.15, 0.2) is 0 Å². The molecule has 1 aliphatic rings. The van der Waals surface area contributed by atoms with Crippen molar-refractivity contribution < 1.29 is 22.7 Å². The van der Waals surface area contributed by atoms with Crippen LogP contribution in [0.1, 0.15) is 34.1 Å². The zero-order valence-corrected chi connectivity index (χ0v) is 14.0. The topological polar surface area (TPSA) is 72.9 Å². The SMILES string of the molecule is COC1CN(C(=O)OC(C)(C)C)C(C)(CS(=O)(=O)Cl)C1. The minimum Gasteiger partial charge on any atom is -0.444 e.